The number of rotatable bonds is 3. The first-order valence-electron chi connectivity index (χ1n) is 8.89. The number of H-pyrrole nitrogens is 1. The summed E-state index contributed by atoms with van der Waals surface area (Å²) >= 11 is 1.53. The molecule has 4 rings (SSSR count). The lowest BCUT2D eigenvalue weighted by Crippen LogP contribution is -2.14. The Kier molecular flexibility index (Phi) is 4.59. The van der Waals surface area contributed by atoms with Crippen LogP contribution in [-0.4, -0.2) is 15.9 Å². The van der Waals surface area contributed by atoms with Crippen molar-refractivity contribution in [2.45, 2.75) is 45.6 Å². The lowest BCUT2D eigenvalue weighted by atomic mass is 10.1. The zero-order valence-corrected chi connectivity index (χ0v) is 15.4. The van der Waals surface area contributed by atoms with E-state index in [1.54, 1.807) is 6.07 Å². The molecule has 2 aromatic heterocycles. The topological polar surface area (TPSA) is 72.1 Å². The molecule has 6 heteroatoms. The van der Waals surface area contributed by atoms with Crippen molar-refractivity contribution in [2.75, 3.05) is 0 Å². The second kappa shape index (κ2) is 7.03. The number of carbonyl (C=O) groups is 1. The molecule has 0 radical (unpaired) electrons. The van der Waals surface area contributed by atoms with Crippen LogP contribution in [0.3, 0.4) is 0 Å². The number of hydrogen-bond donors (Lipinski definition) is 1. The molecule has 26 heavy (non-hydrogen) atoms. The quantitative estimate of drug-likeness (QED) is 0.562. The molecular formula is C20H20N2O3S. The minimum Gasteiger partial charge on any atom is -0.453 e. The molecule has 0 spiro atoms. The number of esters is 1. The Balaban J connectivity index is 1.52. The van der Waals surface area contributed by atoms with Gasteiger partial charge >= 0.3 is 5.97 Å². The summed E-state index contributed by atoms with van der Waals surface area (Å²) in [5, 5.41) is 0.544. The average Bonchev–Trinajstić information content (AvgIpc) is 2.91. The van der Waals surface area contributed by atoms with Gasteiger partial charge in [-0.1, -0.05) is 18.6 Å². The van der Waals surface area contributed by atoms with Crippen LogP contribution in [0.1, 0.15) is 50.8 Å². The van der Waals surface area contributed by atoms with Crippen molar-refractivity contribution < 1.29 is 9.53 Å². The van der Waals surface area contributed by atoms with Crippen LogP contribution in [0.15, 0.2) is 29.1 Å². The molecular weight excluding hydrogens is 348 g/mol. The van der Waals surface area contributed by atoms with Crippen molar-refractivity contribution in [2.24, 2.45) is 0 Å². The number of ether oxygens (including phenoxy) is 1. The highest BCUT2D eigenvalue weighted by atomic mass is 32.1. The van der Waals surface area contributed by atoms with Gasteiger partial charge in [-0.2, -0.15) is 0 Å². The maximum atomic E-state index is 12.4. The van der Waals surface area contributed by atoms with Crippen molar-refractivity contribution in [1.29, 1.82) is 0 Å². The molecule has 1 aromatic carbocycles. The fraction of sp³-hybridized carbons (Fsp3) is 0.350. The number of aryl methyl sites for hydroxylation is 3. The smallest absolute Gasteiger partial charge is 0.348 e. The summed E-state index contributed by atoms with van der Waals surface area (Å²) in [4.78, 5) is 33.7. The molecule has 0 saturated heterocycles. The lowest BCUT2D eigenvalue weighted by molar-refractivity contribution is 0.0468. The maximum absolute atomic E-state index is 12.4. The van der Waals surface area contributed by atoms with Gasteiger partial charge in [-0.05, 0) is 55.9 Å². The number of aromatic amines is 1. The molecule has 134 valence electrons. The maximum Gasteiger partial charge on any atom is 0.348 e. The lowest BCUT2D eigenvalue weighted by Gasteiger charge is -2.06. The van der Waals surface area contributed by atoms with Crippen molar-refractivity contribution >= 4 is 28.2 Å². The molecule has 1 aliphatic rings. The molecule has 1 aliphatic carbocycles. The van der Waals surface area contributed by atoms with Crippen molar-refractivity contribution in [3.63, 3.8) is 0 Å². The summed E-state index contributed by atoms with van der Waals surface area (Å²) in [7, 11) is 0. The molecule has 3 aromatic rings. The Morgan fingerprint density at radius 3 is 3.00 bits per heavy atom. The fourth-order valence-corrected chi connectivity index (χ4v) is 4.54. The Morgan fingerprint density at radius 1 is 1.27 bits per heavy atom. The molecule has 0 saturated carbocycles. The predicted molar refractivity (Wildman–Crippen MR) is 102 cm³/mol. The van der Waals surface area contributed by atoms with Crippen LogP contribution >= 0.6 is 11.3 Å². The SMILES string of the molecule is Cc1cccc2c(=O)[nH]c(COC(=O)c3cc4c(s3)CCCCC4)nc12. The fourth-order valence-electron chi connectivity index (χ4n) is 3.39. The van der Waals surface area contributed by atoms with Gasteiger partial charge in [-0.15, -0.1) is 11.3 Å². The second-order valence-corrected chi connectivity index (χ2v) is 7.82. The van der Waals surface area contributed by atoms with E-state index in [0.29, 0.717) is 21.6 Å². The van der Waals surface area contributed by atoms with Gasteiger partial charge < -0.3 is 9.72 Å². The summed E-state index contributed by atoms with van der Waals surface area (Å²) in [5.74, 6) is 0.0128. The summed E-state index contributed by atoms with van der Waals surface area (Å²) in [6.45, 7) is 1.87. The standard InChI is InChI=1S/C20H20N2O3S/c1-12-6-5-8-14-18(12)21-17(22-19(14)23)11-25-20(24)16-10-13-7-3-2-4-9-15(13)26-16/h5-6,8,10H,2-4,7,9,11H2,1H3,(H,21,22,23). The van der Waals surface area contributed by atoms with Gasteiger partial charge in [0, 0.05) is 4.88 Å². The van der Waals surface area contributed by atoms with E-state index >= 15 is 0 Å². The summed E-state index contributed by atoms with van der Waals surface area (Å²) < 4.78 is 5.41. The number of hydrogen-bond acceptors (Lipinski definition) is 5. The van der Waals surface area contributed by atoms with Crippen LogP contribution in [0, 0.1) is 6.92 Å². The predicted octanol–water partition coefficient (Wildman–Crippen LogP) is 3.92. The number of thiophene rings is 1. The van der Waals surface area contributed by atoms with Gasteiger partial charge in [0.05, 0.1) is 10.9 Å². The van der Waals surface area contributed by atoms with Crippen LogP contribution in [0.5, 0.6) is 0 Å². The van der Waals surface area contributed by atoms with Crippen molar-refractivity contribution in [3.8, 4) is 0 Å². The zero-order chi connectivity index (χ0) is 18.1. The highest BCUT2D eigenvalue weighted by molar-refractivity contribution is 7.14. The average molecular weight is 368 g/mol. The molecule has 2 heterocycles. The number of nitrogens with one attached hydrogen (secondary N) is 1. The van der Waals surface area contributed by atoms with E-state index in [0.717, 1.165) is 18.4 Å². The zero-order valence-electron chi connectivity index (χ0n) is 14.6. The molecule has 5 nitrogen and oxygen atoms in total. The molecule has 0 atom stereocenters. The first-order chi connectivity index (χ1) is 12.6. The van der Waals surface area contributed by atoms with E-state index in [-0.39, 0.29) is 18.1 Å². The number of nitrogens with zero attached hydrogens (tertiary/aromatic N) is 1. The van der Waals surface area contributed by atoms with E-state index < -0.39 is 0 Å². The van der Waals surface area contributed by atoms with Gasteiger partial charge in [0.15, 0.2) is 0 Å². The molecule has 0 unspecified atom stereocenters. The summed E-state index contributed by atoms with van der Waals surface area (Å²) in [6.07, 6.45) is 5.70. The third-order valence-corrected chi connectivity index (χ3v) is 5.99. The third kappa shape index (κ3) is 3.29. The minimum atomic E-state index is -0.351. The van der Waals surface area contributed by atoms with Gasteiger partial charge in [0.2, 0.25) is 0 Å². The van der Waals surface area contributed by atoms with Gasteiger partial charge in [0.1, 0.15) is 17.3 Å². The van der Waals surface area contributed by atoms with Crippen LogP contribution in [-0.2, 0) is 24.2 Å². The van der Waals surface area contributed by atoms with Gasteiger partial charge in [0.25, 0.3) is 5.56 Å². The van der Waals surface area contributed by atoms with Crippen molar-refractivity contribution in [1.82, 2.24) is 9.97 Å². The normalized spacial score (nSPS) is 14.0. The summed E-state index contributed by atoms with van der Waals surface area (Å²) in [5.41, 5.74) is 2.63. The van der Waals surface area contributed by atoms with Crippen LogP contribution in [0.25, 0.3) is 10.9 Å². The molecule has 0 bridgehead atoms. The first-order valence-corrected chi connectivity index (χ1v) is 9.71. The highest BCUT2D eigenvalue weighted by Crippen LogP contribution is 2.29. The van der Waals surface area contributed by atoms with E-state index in [2.05, 4.69) is 9.97 Å². The van der Waals surface area contributed by atoms with Crippen LogP contribution in [0.4, 0.5) is 0 Å². The van der Waals surface area contributed by atoms with E-state index in [9.17, 15) is 9.59 Å². The molecule has 0 amide bonds. The summed E-state index contributed by atoms with van der Waals surface area (Å²) in [6, 6.07) is 7.44. The number of benzene rings is 1. The Morgan fingerprint density at radius 2 is 2.12 bits per heavy atom. The van der Waals surface area contributed by atoms with E-state index in [1.807, 2.05) is 25.1 Å². The second-order valence-electron chi connectivity index (χ2n) is 6.68. The largest absolute Gasteiger partial charge is 0.453 e. The molecule has 1 N–H and O–H groups in total. The van der Waals surface area contributed by atoms with Gasteiger partial charge in [-0.25, -0.2) is 9.78 Å². The Bertz CT molecular complexity index is 1010. The van der Waals surface area contributed by atoms with Crippen LogP contribution in [0.2, 0.25) is 0 Å². The number of fused-ring (bicyclic) bond motifs is 2. The monoisotopic (exact) mass is 368 g/mol. The number of aromatic nitrogens is 2. The van der Waals surface area contributed by atoms with Crippen LogP contribution < -0.4 is 5.56 Å². The van der Waals surface area contributed by atoms with E-state index in [4.69, 9.17) is 4.74 Å². The molecule has 0 aliphatic heterocycles. The highest BCUT2D eigenvalue weighted by Gasteiger charge is 2.18. The minimum absolute atomic E-state index is 0.0408. The third-order valence-electron chi connectivity index (χ3n) is 4.77. The van der Waals surface area contributed by atoms with Crippen molar-refractivity contribution in [3.05, 3.63) is 61.3 Å². The number of carbonyl (C=O) groups excluding carboxylic acids is 1. The number of para-hydroxylation sites is 1. The van der Waals surface area contributed by atoms with Gasteiger partial charge in [-0.3, -0.25) is 4.79 Å². The Hall–Kier alpha value is -2.47. The van der Waals surface area contributed by atoms with E-state index in [1.165, 1.54) is 41.0 Å². The molecule has 0 fully saturated rings. The Labute approximate surface area is 155 Å². The first kappa shape index (κ1) is 17.0.